The molecule has 1 atom stereocenters. The van der Waals surface area contributed by atoms with Gasteiger partial charge in [0.1, 0.15) is 27.4 Å². The molecule has 4 bridgehead atoms. The van der Waals surface area contributed by atoms with Crippen molar-refractivity contribution in [1.29, 1.82) is 0 Å². The molecule has 12 fully saturated rings. The second-order valence-corrected chi connectivity index (χ2v) is 56.6. The van der Waals surface area contributed by atoms with E-state index >= 15 is 0 Å². The fourth-order valence-corrected chi connectivity index (χ4v) is 36.1. The van der Waals surface area contributed by atoms with Crippen LogP contribution in [0.2, 0.25) is 0 Å². The largest absolute Gasteiger partial charge is 0.744 e. The first-order chi connectivity index (χ1) is 70.0. The Labute approximate surface area is 876 Å². The van der Waals surface area contributed by atoms with Gasteiger partial charge in [0.2, 0.25) is 5.78 Å². The summed E-state index contributed by atoms with van der Waals surface area (Å²) in [5, 5.41) is -4.81. The van der Waals surface area contributed by atoms with Gasteiger partial charge in [0, 0.05) is 16.4 Å². The molecule has 790 valence electrons. The lowest BCUT2D eigenvalue weighted by molar-refractivity contribution is -0.172. The van der Waals surface area contributed by atoms with Gasteiger partial charge in [0.05, 0.1) is 33.3 Å². The van der Waals surface area contributed by atoms with Gasteiger partial charge < -0.3 is 22.6 Å². The minimum absolute atomic E-state index is 0.0146. The number of carbonyl (C=O) groups excluding carboxylic acids is 2. The quantitative estimate of drug-likeness (QED) is 0.0129. The molecule has 21 rings (SSSR count). The fraction of sp³-hybridized carbons (Fsp3) is 0.533. The number of hydrogen-bond donors (Lipinski definition) is 0. The Morgan fingerprint density at radius 2 is 0.637 bits per heavy atom. The van der Waals surface area contributed by atoms with Crippen LogP contribution >= 0.6 is 0 Å². The third-order valence-electron chi connectivity index (χ3n) is 32.5. The topological polar surface area (TPSA) is 258 Å². The molecule has 0 radical (unpaired) electrons. The molecule has 0 spiro atoms. The van der Waals surface area contributed by atoms with Gasteiger partial charge in [-0.15, -0.1) is 0 Å². The molecule has 9 aromatic carbocycles. The molecule has 12 aliphatic rings. The van der Waals surface area contributed by atoms with Gasteiger partial charge in [-0.1, -0.05) is 313 Å². The highest BCUT2D eigenvalue weighted by molar-refractivity contribution is 8.05. The monoisotopic (exact) mass is 2130 g/mol. The summed E-state index contributed by atoms with van der Waals surface area (Å²) in [4.78, 5) is 32.9. The zero-order valence-electron chi connectivity index (χ0n) is 85.3. The number of hydrogen-bond acceptors (Lipinski definition) is 15. The van der Waals surface area contributed by atoms with Crippen LogP contribution in [0.4, 0.5) is 17.6 Å². The molecule has 1 heterocycles. The Morgan fingerprint density at radius 3 is 0.911 bits per heavy atom. The highest BCUT2D eigenvalue weighted by Gasteiger charge is 2.57. The first-order valence-electron chi connectivity index (χ1n) is 54.2. The van der Waals surface area contributed by atoms with Crippen LogP contribution in [-0.2, 0) is 82.7 Å². The van der Waals surface area contributed by atoms with Crippen molar-refractivity contribution in [3.05, 3.63) is 275 Å². The van der Waals surface area contributed by atoms with Gasteiger partial charge in [0.25, 0.3) is 0 Å². The predicted molar refractivity (Wildman–Crippen MR) is 575 cm³/mol. The maximum atomic E-state index is 14.3. The molecule has 1 unspecified atom stereocenters. The number of carbonyl (C=O) groups is 2. The summed E-state index contributed by atoms with van der Waals surface area (Å²) in [5.41, 5.74) is 7.51. The van der Waals surface area contributed by atoms with Crippen molar-refractivity contribution >= 4 is 84.9 Å². The zero-order chi connectivity index (χ0) is 103. The van der Waals surface area contributed by atoms with Crippen LogP contribution < -0.4 is 4.18 Å². The van der Waals surface area contributed by atoms with Gasteiger partial charge in [-0.2, -0.15) is 26.0 Å². The van der Waals surface area contributed by atoms with Crippen molar-refractivity contribution < 1.29 is 83.4 Å². The van der Waals surface area contributed by atoms with Gasteiger partial charge in [-0.05, 0) is 323 Å². The van der Waals surface area contributed by atoms with Crippen LogP contribution in [0.5, 0.6) is 5.75 Å². The zero-order valence-corrected chi connectivity index (χ0v) is 91.0. The molecule has 1 aliphatic heterocycles. The summed E-state index contributed by atoms with van der Waals surface area (Å²) in [5.74, 6) is 4.13. The second kappa shape index (κ2) is 51.7. The molecule has 9 aromatic rings. The van der Waals surface area contributed by atoms with Gasteiger partial charge in [-0.3, -0.25) is 4.79 Å². The maximum Gasteiger partial charge on any atom is 0.470 e. The van der Waals surface area contributed by atoms with E-state index in [4.69, 9.17) is 4.18 Å². The van der Waals surface area contributed by atoms with Crippen molar-refractivity contribution in [2.75, 3.05) is 18.1 Å². The van der Waals surface area contributed by atoms with Crippen LogP contribution in [0.1, 0.15) is 388 Å². The number of benzene rings is 9. The van der Waals surface area contributed by atoms with Gasteiger partial charge in [0.15, 0.2) is 54.9 Å². The number of esters is 1. The van der Waals surface area contributed by atoms with E-state index in [1.54, 1.807) is 0 Å². The van der Waals surface area contributed by atoms with E-state index in [0.29, 0.717) is 46.5 Å². The highest BCUT2D eigenvalue weighted by atomic mass is 32.3. The summed E-state index contributed by atoms with van der Waals surface area (Å²) in [6.45, 7) is 6.53. The normalized spacial score (nSPS) is 21.8. The Kier molecular flexibility index (Phi) is 39.8. The summed E-state index contributed by atoms with van der Waals surface area (Å²) in [7, 11) is -22.8. The molecular weight excluding hydrogens is 1980 g/mol. The fourth-order valence-electron chi connectivity index (χ4n) is 25.8. The number of halogens is 4. The first kappa shape index (κ1) is 112. The average molecular weight is 2130 g/mol. The third-order valence-corrected chi connectivity index (χ3v) is 44.7. The molecule has 0 amide bonds. The van der Waals surface area contributed by atoms with Crippen LogP contribution in [0, 0.1) is 28.6 Å². The Bertz CT molecular complexity index is 5720. The number of ether oxygens (including phenoxy) is 1. The summed E-state index contributed by atoms with van der Waals surface area (Å²) < 4.78 is 186. The van der Waals surface area contributed by atoms with E-state index in [2.05, 4.69) is 244 Å². The smallest absolute Gasteiger partial charge is 0.470 e. The second-order valence-electron chi connectivity index (χ2n) is 44.2. The Morgan fingerprint density at radius 1 is 0.363 bits per heavy atom. The van der Waals surface area contributed by atoms with E-state index in [-0.39, 0.29) is 89.7 Å². The molecular formula is C120H150F4O15S7. The van der Waals surface area contributed by atoms with Crippen molar-refractivity contribution in [3.63, 3.8) is 0 Å². The molecule has 0 N–H and O–H groups in total. The van der Waals surface area contributed by atoms with E-state index in [0.717, 1.165) is 208 Å². The first-order valence-corrected chi connectivity index (χ1v) is 63.9. The Balaban J connectivity index is 0.000000133. The minimum Gasteiger partial charge on any atom is -0.744 e. The lowest BCUT2D eigenvalue weighted by Gasteiger charge is -2.56. The van der Waals surface area contributed by atoms with Crippen LogP contribution in [0.3, 0.4) is 0 Å². The predicted octanol–water partition coefficient (Wildman–Crippen LogP) is 30.6. The standard InChI is InChI=1S/C25H36F2O6S2.C24H36O3S.C22H33OS.2C18H15S.C13H18F2O5S/c26-25(27,34(28,29)30)35(31,32)33-24-22(19-12-6-2-7-13-19)16-21(18-10-4-1-5-11-18)17-23(24)20-14-8-3-9-15-20;25-28(26,27)24-22(19-12-6-2-7-13-19)16-21(18-10-4-1-5-11-18)17-23(24)20-14-8-3-9-15-20;1-22(2,3)21(24-15-7-8-16-24)20(23)19-13-11-18(12-14-19)17-9-5-4-6-10-17;2*1-4-10-16(11-5-1)19(17-12-6-2-7-13-17)18-14-8-3-9-15-18;14-13(15,21(17,18)19)11(16)20-7-12-4-8-1-9(5-12)3-10(2-8)6-12/h16-20H,1-15H2,(H,28,29,30);16-20H,1-15H2,(H,25,26,27);11-14,17,21H,4-10,15-16H2,1-3H3;2*1-15H;8-10H,1-7H2,(H,17,18,19)/q;;3*+1;/p-3. The number of ketones is 1. The van der Waals surface area contributed by atoms with E-state index in [9.17, 15) is 74.5 Å². The van der Waals surface area contributed by atoms with Gasteiger partial charge >= 0.3 is 25.9 Å². The molecule has 11 saturated carbocycles. The molecule has 0 aromatic heterocycles. The lowest BCUT2D eigenvalue weighted by atomic mass is 9.50. The van der Waals surface area contributed by atoms with E-state index < -0.39 is 56.3 Å². The molecule has 15 nitrogen and oxygen atoms in total. The summed E-state index contributed by atoms with van der Waals surface area (Å²) >= 11 is 0. The Hall–Kier alpha value is -7.63. The lowest BCUT2D eigenvalue weighted by Crippen LogP contribution is -2.49. The van der Waals surface area contributed by atoms with Crippen molar-refractivity contribution in [2.24, 2.45) is 28.6 Å². The van der Waals surface area contributed by atoms with Gasteiger partial charge in [-0.25, -0.2) is 30.0 Å². The van der Waals surface area contributed by atoms with Crippen LogP contribution in [0.15, 0.2) is 265 Å². The van der Waals surface area contributed by atoms with Crippen molar-refractivity contribution in [2.45, 2.75) is 388 Å². The molecule has 146 heavy (non-hydrogen) atoms. The van der Waals surface area contributed by atoms with E-state index in [1.807, 2.05) is 12.1 Å². The third kappa shape index (κ3) is 29.2. The highest BCUT2D eigenvalue weighted by Crippen LogP contribution is 2.61. The molecule has 26 heteroatoms. The van der Waals surface area contributed by atoms with Crippen molar-refractivity contribution in [3.8, 4) is 5.75 Å². The van der Waals surface area contributed by atoms with E-state index in [1.165, 1.54) is 148 Å². The summed E-state index contributed by atoms with van der Waals surface area (Å²) in [6.07, 6.45) is 47.2. The van der Waals surface area contributed by atoms with Crippen LogP contribution in [0.25, 0.3) is 0 Å². The summed E-state index contributed by atoms with van der Waals surface area (Å²) in [6, 6.07) is 81.2. The van der Waals surface area contributed by atoms with Crippen molar-refractivity contribution in [1.82, 2.24) is 0 Å². The number of alkyl halides is 4. The number of Topliss-reactive ketones (excluding diaryl/α,β-unsaturated/α-hetero) is 1. The minimum atomic E-state index is -6.48. The maximum absolute atomic E-state index is 14.3. The average Bonchev–Trinajstić information content (AvgIpc) is 0.913. The SMILES string of the molecule is CC(C)(C)C(C(=O)c1ccc(C2CCCCC2)cc1)[S+]1CCCC1.O=C(OCC12CC3CC(CC(C3)C1)C2)C(F)(F)S(=O)(=O)[O-].O=S(=O)([O-])C(F)(F)S(=O)(=O)Oc1c(C2CCCCC2)cc(C2CCCCC2)cc1C1CCCCC1.O=S(=O)([O-])c1c(C2CCCCC2)cc(C2CCCCC2)cc1C1CCCCC1.c1ccc([S+](c2ccccc2)c2ccccc2)cc1.c1ccc([S+](c2ccccc2)c2ccccc2)cc1. The number of rotatable bonds is 25. The molecule has 11 aliphatic carbocycles. The molecule has 1 saturated heterocycles. The van der Waals surface area contributed by atoms with Crippen LogP contribution in [-0.4, -0.2) is 92.3 Å².